The summed E-state index contributed by atoms with van der Waals surface area (Å²) >= 11 is 0. The van der Waals surface area contributed by atoms with Crippen LogP contribution in [0.15, 0.2) is 11.1 Å². The van der Waals surface area contributed by atoms with Gasteiger partial charge in [0.25, 0.3) is 11.8 Å². The van der Waals surface area contributed by atoms with Gasteiger partial charge in [-0.15, -0.1) is 0 Å². The lowest BCUT2D eigenvalue weighted by molar-refractivity contribution is -0.137. The molecule has 0 spiro atoms. The van der Waals surface area contributed by atoms with Crippen LogP contribution < -0.4 is 5.32 Å². The number of carbonyl (C=O) groups excluding carboxylic acids is 3. The van der Waals surface area contributed by atoms with Gasteiger partial charge >= 0.3 is 0 Å². The molecule has 5 nitrogen and oxygen atoms in total. The summed E-state index contributed by atoms with van der Waals surface area (Å²) in [6.45, 7) is 5.18. The van der Waals surface area contributed by atoms with Crippen molar-refractivity contribution in [3.8, 4) is 0 Å². The van der Waals surface area contributed by atoms with Gasteiger partial charge in [0.15, 0.2) is 0 Å². The molecule has 5 heteroatoms. The third-order valence-corrected chi connectivity index (χ3v) is 2.40. The Hall–Kier alpha value is -1.65. The molecule has 0 fully saturated rings. The highest BCUT2D eigenvalue weighted by Crippen LogP contribution is 2.18. The number of rotatable bonds is 3. The molecule has 3 amide bonds. The Kier molecular flexibility index (Phi) is 3.24. The van der Waals surface area contributed by atoms with Crippen LogP contribution in [0.1, 0.15) is 20.8 Å². The predicted octanol–water partition coefficient (Wildman–Crippen LogP) is -0.172. The number of carbonyl (C=O) groups is 3. The van der Waals surface area contributed by atoms with Crippen LogP contribution in [0.5, 0.6) is 0 Å². The van der Waals surface area contributed by atoms with Crippen molar-refractivity contribution in [2.24, 2.45) is 0 Å². The lowest BCUT2D eigenvalue weighted by Crippen LogP contribution is -2.38. The van der Waals surface area contributed by atoms with E-state index in [-0.39, 0.29) is 24.3 Å². The summed E-state index contributed by atoms with van der Waals surface area (Å²) < 4.78 is 0. The van der Waals surface area contributed by atoms with Gasteiger partial charge in [0.05, 0.1) is 0 Å². The Balaban J connectivity index is 2.56. The fraction of sp³-hybridized carbons (Fsp3) is 0.500. The van der Waals surface area contributed by atoms with Gasteiger partial charge in [0.2, 0.25) is 5.91 Å². The fourth-order valence-corrected chi connectivity index (χ4v) is 1.36. The molecular weight excluding hydrogens is 196 g/mol. The topological polar surface area (TPSA) is 66.5 Å². The highest BCUT2D eigenvalue weighted by molar-refractivity contribution is 6.18. The van der Waals surface area contributed by atoms with Crippen molar-refractivity contribution in [1.82, 2.24) is 10.2 Å². The van der Waals surface area contributed by atoms with Crippen LogP contribution in [0.3, 0.4) is 0 Å². The average molecular weight is 210 g/mol. The largest absolute Gasteiger partial charge is 0.355 e. The van der Waals surface area contributed by atoms with E-state index < -0.39 is 0 Å². The Morgan fingerprint density at radius 3 is 2.07 bits per heavy atom. The van der Waals surface area contributed by atoms with Crippen molar-refractivity contribution in [3.63, 3.8) is 0 Å². The van der Waals surface area contributed by atoms with E-state index in [2.05, 4.69) is 5.32 Å². The lowest BCUT2D eigenvalue weighted by Gasteiger charge is -2.14. The summed E-state index contributed by atoms with van der Waals surface area (Å²) in [6.07, 6.45) is 0. The van der Waals surface area contributed by atoms with E-state index in [0.29, 0.717) is 17.7 Å². The zero-order valence-electron chi connectivity index (χ0n) is 9.09. The number of nitrogens with zero attached hydrogens (tertiary/aromatic N) is 1. The molecule has 0 aromatic carbocycles. The molecule has 1 rings (SSSR count). The van der Waals surface area contributed by atoms with Gasteiger partial charge in [-0.2, -0.15) is 0 Å². The Labute approximate surface area is 88.1 Å². The van der Waals surface area contributed by atoms with Crippen LogP contribution in [0, 0.1) is 0 Å². The maximum absolute atomic E-state index is 11.5. The highest BCUT2D eigenvalue weighted by Gasteiger charge is 2.32. The summed E-state index contributed by atoms with van der Waals surface area (Å²) in [4.78, 5) is 34.8. The zero-order chi connectivity index (χ0) is 11.6. The van der Waals surface area contributed by atoms with Crippen LogP contribution >= 0.6 is 0 Å². The van der Waals surface area contributed by atoms with E-state index in [9.17, 15) is 14.4 Å². The first-order valence-corrected chi connectivity index (χ1v) is 4.73. The van der Waals surface area contributed by atoms with Crippen LogP contribution in [0.2, 0.25) is 0 Å². The van der Waals surface area contributed by atoms with Gasteiger partial charge in [-0.1, -0.05) is 0 Å². The minimum atomic E-state index is -0.261. The maximum atomic E-state index is 11.5. The number of imide groups is 1. The number of hydrogen-bond donors (Lipinski definition) is 1. The molecule has 1 heterocycles. The quantitative estimate of drug-likeness (QED) is 0.657. The normalized spacial score (nSPS) is 16.3. The van der Waals surface area contributed by atoms with E-state index in [4.69, 9.17) is 0 Å². The lowest BCUT2D eigenvalue weighted by atomic mass is 10.2. The third kappa shape index (κ3) is 2.23. The van der Waals surface area contributed by atoms with Gasteiger partial charge in [-0.05, 0) is 13.8 Å². The van der Waals surface area contributed by atoms with Crippen molar-refractivity contribution in [3.05, 3.63) is 11.1 Å². The number of hydrogen-bond acceptors (Lipinski definition) is 3. The molecule has 15 heavy (non-hydrogen) atoms. The molecule has 1 N–H and O–H groups in total. The summed E-state index contributed by atoms with van der Waals surface area (Å²) in [5.74, 6) is -0.693. The SMILES string of the molecule is CC(=O)NCCN1C(=O)C(C)=C(C)C1=O. The number of amides is 3. The standard InChI is InChI=1S/C10H14N2O3/c1-6-7(2)10(15)12(9(6)14)5-4-11-8(3)13/h4-5H2,1-3H3,(H,11,13). The molecule has 0 saturated carbocycles. The molecule has 0 aliphatic carbocycles. The summed E-state index contributed by atoms with van der Waals surface area (Å²) in [6, 6.07) is 0. The van der Waals surface area contributed by atoms with E-state index in [1.165, 1.54) is 6.92 Å². The zero-order valence-corrected chi connectivity index (χ0v) is 9.09. The summed E-state index contributed by atoms with van der Waals surface area (Å²) in [5.41, 5.74) is 0.977. The first kappa shape index (κ1) is 11.4. The smallest absolute Gasteiger partial charge is 0.256 e. The van der Waals surface area contributed by atoms with Gasteiger partial charge < -0.3 is 5.32 Å². The molecule has 1 aliphatic rings. The highest BCUT2D eigenvalue weighted by atomic mass is 16.2. The first-order valence-electron chi connectivity index (χ1n) is 4.73. The van der Waals surface area contributed by atoms with Crippen molar-refractivity contribution in [2.75, 3.05) is 13.1 Å². The van der Waals surface area contributed by atoms with Crippen LogP contribution in [0.25, 0.3) is 0 Å². The monoisotopic (exact) mass is 210 g/mol. The van der Waals surface area contributed by atoms with E-state index >= 15 is 0 Å². The van der Waals surface area contributed by atoms with Crippen LogP contribution in [-0.4, -0.2) is 35.7 Å². The molecule has 0 saturated heterocycles. The Bertz CT molecular complexity index is 334. The second-order valence-corrected chi connectivity index (χ2v) is 3.49. The average Bonchev–Trinajstić information content (AvgIpc) is 2.34. The molecule has 0 atom stereocenters. The van der Waals surface area contributed by atoms with Crippen molar-refractivity contribution in [1.29, 1.82) is 0 Å². The molecule has 0 unspecified atom stereocenters. The van der Waals surface area contributed by atoms with Crippen molar-refractivity contribution < 1.29 is 14.4 Å². The van der Waals surface area contributed by atoms with Crippen LogP contribution in [0.4, 0.5) is 0 Å². The molecule has 0 aromatic rings. The fourth-order valence-electron chi connectivity index (χ4n) is 1.36. The molecule has 0 radical (unpaired) electrons. The Morgan fingerprint density at radius 2 is 1.67 bits per heavy atom. The second kappa shape index (κ2) is 4.25. The summed E-state index contributed by atoms with van der Waals surface area (Å²) in [7, 11) is 0. The van der Waals surface area contributed by atoms with E-state index in [1.807, 2.05) is 0 Å². The molecule has 82 valence electrons. The van der Waals surface area contributed by atoms with Crippen molar-refractivity contribution >= 4 is 17.7 Å². The minimum absolute atomic E-state index is 0.171. The van der Waals surface area contributed by atoms with E-state index in [0.717, 1.165) is 4.90 Å². The van der Waals surface area contributed by atoms with E-state index in [1.54, 1.807) is 13.8 Å². The van der Waals surface area contributed by atoms with Gasteiger partial charge in [0.1, 0.15) is 0 Å². The molecule has 0 bridgehead atoms. The van der Waals surface area contributed by atoms with Gasteiger partial charge in [0, 0.05) is 31.2 Å². The number of nitrogens with one attached hydrogen (secondary N) is 1. The molecule has 1 aliphatic heterocycles. The third-order valence-electron chi connectivity index (χ3n) is 2.40. The second-order valence-electron chi connectivity index (χ2n) is 3.49. The first-order chi connectivity index (χ1) is 6.95. The van der Waals surface area contributed by atoms with Gasteiger partial charge in [-0.25, -0.2) is 0 Å². The van der Waals surface area contributed by atoms with Crippen LogP contribution in [-0.2, 0) is 14.4 Å². The summed E-state index contributed by atoms with van der Waals surface area (Å²) in [5, 5.41) is 2.54. The predicted molar refractivity (Wildman–Crippen MR) is 53.8 cm³/mol. The van der Waals surface area contributed by atoms with Gasteiger partial charge in [-0.3, -0.25) is 19.3 Å². The molecule has 0 aromatic heterocycles. The maximum Gasteiger partial charge on any atom is 0.256 e. The minimum Gasteiger partial charge on any atom is -0.355 e. The molecular formula is C10H14N2O3. The van der Waals surface area contributed by atoms with Crippen molar-refractivity contribution in [2.45, 2.75) is 20.8 Å². The Morgan fingerprint density at radius 1 is 1.20 bits per heavy atom.